The van der Waals surface area contributed by atoms with Gasteiger partial charge in [0.25, 0.3) is 0 Å². The van der Waals surface area contributed by atoms with Crippen LogP contribution in [0, 0.1) is 0 Å². The molecule has 34 heavy (non-hydrogen) atoms. The van der Waals surface area contributed by atoms with Crippen molar-refractivity contribution in [3.05, 3.63) is 77.0 Å². The molecule has 180 valence electrons. The Bertz CT molecular complexity index is 1130. The Balaban J connectivity index is 1.58. The van der Waals surface area contributed by atoms with Gasteiger partial charge in [-0.1, -0.05) is 36.4 Å². The maximum absolute atomic E-state index is 12.9. The fourth-order valence-corrected chi connectivity index (χ4v) is 4.40. The lowest BCUT2D eigenvalue weighted by molar-refractivity contribution is 0.0544. The monoisotopic (exact) mass is 484 g/mol. The summed E-state index contributed by atoms with van der Waals surface area (Å²) >= 11 is 6.27. The molecule has 0 spiro atoms. The molecule has 4 rings (SSSR count). The summed E-state index contributed by atoms with van der Waals surface area (Å²) in [5.74, 6) is 0.735. The van der Waals surface area contributed by atoms with Crippen molar-refractivity contribution in [2.24, 2.45) is 0 Å². The number of carbonyl (C=O) groups is 1. The average Bonchev–Trinajstić information content (AvgIpc) is 3.22. The van der Waals surface area contributed by atoms with Crippen molar-refractivity contribution < 1.29 is 23.7 Å². The number of rotatable bonds is 10. The van der Waals surface area contributed by atoms with Crippen molar-refractivity contribution in [2.75, 3.05) is 46.7 Å². The lowest BCUT2D eigenvalue weighted by atomic mass is 9.92. The summed E-state index contributed by atoms with van der Waals surface area (Å²) in [4.78, 5) is 18.2. The van der Waals surface area contributed by atoms with E-state index in [1.165, 1.54) is 5.56 Å². The smallest absolute Gasteiger partial charge is 0.410 e. The molecular formula is C26H29ClN2O5. The van der Waals surface area contributed by atoms with E-state index in [1.807, 2.05) is 42.5 Å². The second-order valence-electron chi connectivity index (χ2n) is 7.94. The third kappa shape index (κ3) is 5.38. The maximum atomic E-state index is 12.9. The van der Waals surface area contributed by atoms with E-state index >= 15 is 0 Å². The van der Waals surface area contributed by atoms with Crippen LogP contribution >= 0.6 is 11.6 Å². The van der Waals surface area contributed by atoms with E-state index in [0.29, 0.717) is 44.4 Å². The van der Waals surface area contributed by atoms with E-state index < -0.39 is 0 Å². The van der Waals surface area contributed by atoms with E-state index in [9.17, 15) is 4.79 Å². The SMILES string of the molecule is C=CCOC(=O)N1CCc2c([nH]c3ccc(Cl)cc23)C1c1ccc(OCCOCCOC)cc1. The van der Waals surface area contributed by atoms with Crippen LogP contribution in [0.4, 0.5) is 4.79 Å². The van der Waals surface area contributed by atoms with Gasteiger partial charge >= 0.3 is 6.09 Å². The molecule has 0 bridgehead atoms. The Hall–Kier alpha value is -3.00. The molecule has 1 unspecified atom stereocenters. The lowest BCUT2D eigenvalue weighted by Gasteiger charge is -2.35. The van der Waals surface area contributed by atoms with Crippen LogP contribution in [0.3, 0.4) is 0 Å². The summed E-state index contributed by atoms with van der Waals surface area (Å²) in [6, 6.07) is 13.3. The normalized spacial score (nSPS) is 15.2. The molecule has 1 amide bonds. The summed E-state index contributed by atoms with van der Waals surface area (Å²) in [7, 11) is 1.64. The highest BCUT2D eigenvalue weighted by Crippen LogP contribution is 2.39. The molecule has 7 nitrogen and oxygen atoms in total. The topological polar surface area (TPSA) is 73.0 Å². The number of ether oxygens (including phenoxy) is 4. The van der Waals surface area contributed by atoms with Gasteiger partial charge in [-0.25, -0.2) is 4.79 Å². The van der Waals surface area contributed by atoms with E-state index in [0.717, 1.165) is 27.9 Å². The van der Waals surface area contributed by atoms with Crippen LogP contribution in [0.25, 0.3) is 10.9 Å². The Labute approximate surface area is 204 Å². The van der Waals surface area contributed by atoms with Crippen molar-refractivity contribution in [1.29, 1.82) is 0 Å². The second kappa shape index (κ2) is 11.4. The molecule has 0 aliphatic carbocycles. The molecule has 1 atom stereocenters. The average molecular weight is 485 g/mol. The zero-order valence-corrected chi connectivity index (χ0v) is 20.0. The molecule has 0 radical (unpaired) electrons. The minimum atomic E-state index is -0.374. The van der Waals surface area contributed by atoms with Crippen molar-refractivity contribution >= 4 is 28.6 Å². The first-order valence-electron chi connectivity index (χ1n) is 11.3. The number of methoxy groups -OCH3 is 1. The summed E-state index contributed by atoms with van der Waals surface area (Å²) < 4.78 is 21.6. The molecule has 1 aliphatic heterocycles. The van der Waals surface area contributed by atoms with E-state index in [-0.39, 0.29) is 18.7 Å². The summed E-state index contributed by atoms with van der Waals surface area (Å²) in [5, 5.41) is 1.77. The molecule has 1 aromatic heterocycles. The predicted molar refractivity (Wildman–Crippen MR) is 132 cm³/mol. The first-order chi connectivity index (χ1) is 16.6. The number of hydrogen-bond donors (Lipinski definition) is 1. The molecule has 0 fully saturated rings. The highest BCUT2D eigenvalue weighted by Gasteiger charge is 2.35. The number of fused-ring (bicyclic) bond motifs is 3. The van der Waals surface area contributed by atoms with Gasteiger partial charge in [0.05, 0.1) is 19.8 Å². The van der Waals surface area contributed by atoms with E-state index in [4.69, 9.17) is 30.5 Å². The Morgan fingerprint density at radius 2 is 1.97 bits per heavy atom. The standard InChI is InChI=1S/C26H29ClN2O5/c1-3-12-34-26(30)29-11-10-21-22-17-19(27)6-9-23(22)28-24(21)25(29)18-4-7-20(8-5-18)33-16-15-32-14-13-31-2/h3-9,17,25,28H,1,10-16H2,2H3. The molecule has 2 heterocycles. The fraction of sp³-hybridized carbons (Fsp3) is 0.346. The van der Waals surface area contributed by atoms with Gasteiger partial charge in [0.2, 0.25) is 0 Å². The van der Waals surface area contributed by atoms with Crippen LogP contribution in [0.2, 0.25) is 5.02 Å². The van der Waals surface area contributed by atoms with Gasteiger partial charge in [0, 0.05) is 35.3 Å². The van der Waals surface area contributed by atoms with Crippen LogP contribution in [-0.2, 0) is 20.6 Å². The van der Waals surface area contributed by atoms with Gasteiger partial charge < -0.3 is 23.9 Å². The molecular weight excluding hydrogens is 456 g/mol. The molecule has 0 saturated carbocycles. The summed E-state index contributed by atoms with van der Waals surface area (Å²) in [6.45, 7) is 6.36. The first-order valence-corrected chi connectivity index (χ1v) is 11.6. The minimum Gasteiger partial charge on any atom is -0.491 e. The van der Waals surface area contributed by atoms with Crippen molar-refractivity contribution in [2.45, 2.75) is 12.5 Å². The number of halogens is 1. The molecule has 1 aliphatic rings. The Kier molecular flexibility index (Phi) is 8.11. The zero-order valence-electron chi connectivity index (χ0n) is 19.2. The summed E-state index contributed by atoms with van der Waals surface area (Å²) in [5.41, 5.74) is 4.09. The number of H-pyrrole nitrogens is 1. The van der Waals surface area contributed by atoms with Gasteiger partial charge in [-0.15, -0.1) is 0 Å². The number of aromatic nitrogens is 1. The van der Waals surface area contributed by atoms with E-state index in [2.05, 4.69) is 11.6 Å². The van der Waals surface area contributed by atoms with Crippen LogP contribution in [0.15, 0.2) is 55.1 Å². The highest BCUT2D eigenvalue weighted by atomic mass is 35.5. The molecule has 2 aromatic carbocycles. The third-order valence-corrected chi connectivity index (χ3v) is 6.01. The van der Waals surface area contributed by atoms with Crippen molar-refractivity contribution in [3.8, 4) is 5.75 Å². The largest absolute Gasteiger partial charge is 0.491 e. The van der Waals surface area contributed by atoms with Crippen LogP contribution in [-0.4, -0.2) is 62.7 Å². The number of carbonyl (C=O) groups excluding carboxylic acids is 1. The van der Waals surface area contributed by atoms with Crippen LogP contribution in [0.1, 0.15) is 22.9 Å². The first kappa shape index (κ1) is 24.1. The number of benzene rings is 2. The molecule has 1 N–H and O–H groups in total. The lowest BCUT2D eigenvalue weighted by Crippen LogP contribution is -2.41. The van der Waals surface area contributed by atoms with Gasteiger partial charge in [-0.2, -0.15) is 0 Å². The molecule has 0 saturated heterocycles. The fourth-order valence-electron chi connectivity index (χ4n) is 4.23. The summed E-state index contributed by atoms with van der Waals surface area (Å²) in [6.07, 6.45) is 1.90. The van der Waals surface area contributed by atoms with Gasteiger partial charge in [0.1, 0.15) is 25.0 Å². The number of nitrogens with one attached hydrogen (secondary N) is 1. The van der Waals surface area contributed by atoms with Gasteiger partial charge in [-0.3, -0.25) is 4.90 Å². The van der Waals surface area contributed by atoms with Crippen LogP contribution < -0.4 is 4.74 Å². The van der Waals surface area contributed by atoms with Crippen LogP contribution in [0.5, 0.6) is 5.75 Å². The number of amides is 1. The quantitative estimate of drug-likeness (QED) is 0.319. The molecule has 8 heteroatoms. The Morgan fingerprint density at radius 1 is 1.18 bits per heavy atom. The highest BCUT2D eigenvalue weighted by molar-refractivity contribution is 6.31. The predicted octanol–water partition coefficient (Wildman–Crippen LogP) is 5.13. The van der Waals surface area contributed by atoms with Gasteiger partial charge in [0.15, 0.2) is 0 Å². The van der Waals surface area contributed by atoms with Crippen molar-refractivity contribution in [1.82, 2.24) is 9.88 Å². The van der Waals surface area contributed by atoms with Gasteiger partial charge in [-0.05, 0) is 47.9 Å². The van der Waals surface area contributed by atoms with Crippen molar-refractivity contribution in [3.63, 3.8) is 0 Å². The minimum absolute atomic E-state index is 0.163. The second-order valence-corrected chi connectivity index (χ2v) is 8.38. The number of nitrogens with zero attached hydrogens (tertiary/aromatic N) is 1. The molecule has 3 aromatic rings. The zero-order chi connectivity index (χ0) is 23.9. The number of aromatic amines is 1. The Morgan fingerprint density at radius 3 is 2.74 bits per heavy atom. The maximum Gasteiger partial charge on any atom is 0.410 e. The van der Waals surface area contributed by atoms with E-state index in [1.54, 1.807) is 18.1 Å². The third-order valence-electron chi connectivity index (χ3n) is 5.77. The number of hydrogen-bond acceptors (Lipinski definition) is 5.